The van der Waals surface area contributed by atoms with Crippen LogP contribution in [0.4, 0.5) is 0 Å². The summed E-state index contributed by atoms with van der Waals surface area (Å²) < 4.78 is 10.5. The van der Waals surface area contributed by atoms with E-state index in [-0.39, 0.29) is 0 Å². The van der Waals surface area contributed by atoms with Gasteiger partial charge in [0.2, 0.25) is 0 Å². The first-order chi connectivity index (χ1) is 9.85. The molecule has 6 heteroatoms. The molecule has 0 saturated heterocycles. The molecule has 1 aromatic carbocycles. The smallest absolute Gasteiger partial charge is 0.328 e. The Hall–Kier alpha value is -1.79. The molecule has 6 nitrogen and oxygen atoms in total. The maximum atomic E-state index is 11.8. The zero-order valence-electron chi connectivity index (χ0n) is 13.3. The number of rotatable bonds is 8. The van der Waals surface area contributed by atoms with Gasteiger partial charge >= 0.3 is 5.97 Å². The number of nitrogens with one attached hydrogen (secondary N) is 1. The van der Waals surface area contributed by atoms with E-state index in [1.165, 1.54) is 7.11 Å². The first kappa shape index (κ1) is 17.3. The van der Waals surface area contributed by atoms with E-state index in [0.717, 1.165) is 6.54 Å². The molecule has 0 aliphatic heterocycles. The summed E-state index contributed by atoms with van der Waals surface area (Å²) in [6.07, 6.45) is 0. The third-order valence-corrected chi connectivity index (χ3v) is 3.41. The Labute approximate surface area is 125 Å². The van der Waals surface area contributed by atoms with Crippen LogP contribution in [0.2, 0.25) is 0 Å². The molecule has 0 aliphatic rings. The van der Waals surface area contributed by atoms with Crippen molar-refractivity contribution in [2.45, 2.75) is 12.5 Å². The van der Waals surface area contributed by atoms with Gasteiger partial charge in [0, 0.05) is 24.7 Å². The van der Waals surface area contributed by atoms with Crippen LogP contribution in [-0.4, -0.2) is 57.4 Å². The van der Waals surface area contributed by atoms with Crippen molar-refractivity contribution in [3.63, 3.8) is 0 Å². The molecule has 0 amide bonds. The fourth-order valence-electron chi connectivity index (χ4n) is 2.03. The van der Waals surface area contributed by atoms with Gasteiger partial charge in [-0.15, -0.1) is 0 Å². The highest BCUT2D eigenvalue weighted by Gasteiger charge is 2.37. The third-order valence-electron chi connectivity index (χ3n) is 3.41. The molecule has 21 heavy (non-hydrogen) atoms. The molecule has 0 radical (unpaired) electrons. The Morgan fingerprint density at radius 2 is 2.00 bits per heavy atom. The molecule has 0 spiro atoms. The van der Waals surface area contributed by atoms with Crippen molar-refractivity contribution < 1.29 is 19.4 Å². The lowest BCUT2D eigenvalue weighted by molar-refractivity contribution is -0.144. The molecule has 0 saturated carbocycles. The quantitative estimate of drug-likeness (QED) is 0.750. The van der Waals surface area contributed by atoms with Crippen LogP contribution in [-0.2, 0) is 10.3 Å². The lowest BCUT2D eigenvalue weighted by atomic mass is 9.91. The van der Waals surface area contributed by atoms with Crippen LogP contribution in [0.5, 0.6) is 11.5 Å². The van der Waals surface area contributed by atoms with Gasteiger partial charge in [-0.25, -0.2) is 4.79 Å². The number of benzene rings is 1. The fourth-order valence-corrected chi connectivity index (χ4v) is 2.03. The standard InChI is InChI=1S/C15H24N2O4/c1-15(14(18)19,16-8-9-17(2)3)12-7-6-11(20-4)10-13(12)21-5/h6-7,10,16H,8-9H2,1-5H3,(H,18,19). The molecule has 118 valence electrons. The van der Waals surface area contributed by atoms with E-state index < -0.39 is 11.5 Å². The average molecular weight is 296 g/mol. The highest BCUT2D eigenvalue weighted by Crippen LogP contribution is 2.33. The minimum atomic E-state index is -1.23. The summed E-state index contributed by atoms with van der Waals surface area (Å²) in [5.74, 6) is 0.151. The van der Waals surface area contributed by atoms with Gasteiger partial charge in [-0.3, -0.25) is 5.32 Å². The van der Waals surface area contributed by atoms with Crippen LogP contribution in [0.15, 0.2) is 18.2 Å². The molecule has 1 unspecified atom stereocenters. The van der Waals surface area contributed by atoms with Gasteiger partial charge in [-0.05, 0) is 33.2 Å². The van der Waals surface area contributed by atoms with Crippen molar-refractivity contribution in [2.75, 3.05) is 41.4 Å². The molecule has 1 rings (SSSR count). The van der Waals surface area contributed by atoms with Gasteiger partial charge < -0.3 is 19.5 Å². The fraction of sp³-hybridized carbons (Fsp3) is 0.533. The van der Waals surface area contributed by atoms with Crippen molar-refractivity contribution in [1.82, 2.24) is 10.2 Å². The highest BCUT2D eigenvalue weighted by atomic mass is 16.5. The van der Waals surface area contributed by atoms with Crippen molar-refractivity contribution >= 4 is 5.97 Å². The van der Waals surface area contributed by atoms with Crippen LogP contribution in [0.1, 0.15) is 12.5 Å². The van der Waals surface area contributed by atoms with E-state index in [4.69, 9.17) is 9.47 Å². The molecule has 0 heterocycles. The molecule has 0 aliphatic carbocycles. The van der Waals surface area contributed by atoms with Gasteiger partial charge in [-0.1, -0.05) is 0 Å². The van der Waals surface area contributed by atoms with Crippen LogP contribution < -0.4 is 14.8 Å². The summed E-state index contributed by atoms with van der Waals surface area (Å²) >= 11 is 0. The Kier molecular flexibility index (Phi) is 5.99. The number of carboxylic acid groups (broad SMARTS) is 1. The summed E-state index contributed by atoms with van der Waals surface area (Å²) in [5, 5.41) is 12.7. The first-order valence-electron chi connectivity index (χ1n) is 6.70. The van der Waals surface area contributed by atoms with Gasteiger partial charge in [-0.2, -0.15) is 0 Å². The second kappa shape index (κ2) is 7.28. The molecule has 0 aromatic heterocycles. The van der Waals surface area contributed by atoms with Crippen LogP contribution >= 0.6 is 0 Å². The number of hydrogen-bond acceptors (Lipinski definition) is 5. The highest BCUT2D eigenvalue weighted by molar-refractivity contribution is 5.81. The number of hydrogen-bond donors (Lipinski definition) is 2. The summed E-state index contributed by atoms with van der Waals surface area (Å²) in [4.78, 5) is 13.7. The number of aliphatic carboxylic acids is 1. The number of carboxylic acids is 1. The second-order valence-electron chi connectivity index (χ2n) is 5.23. The molecule has 1 aromatic rings. The predicted molar refractivity (Wildman–Crippen MR) is 81.1 cm³/mol. The van der Waals surface area contributed by atoms with Gasteiger partial charge in [0.05, 0.1) is 14.2 Å². The van der Waals surface area contributed by atoms with Crippen LogP contribution in [0.3, 0.4) is 0 Å². The lowest BCUT2D eigenvalue weighted by Gasteiger charge is -2.29. The number of carbonyl (C=O) groups is 1. The molecular formula is C15H24N2O4. The monoisotopic (exact) mass is 296 g/mol. The Morgan fingerprint density at radius 1 is 1.33 bits per heavy atom. The number of likely N-dealkylation sites (N-methyl/N-ethyl adjacent to an activating group) is 1. The Morgan fingerprint density at radius 3 is 2.48 bits per heavy atom. The Bertz CT molecular complexity index is 491. The average Bonchev–Trinajstić information content (AvgIpc) is 2.45. The first-order valence-corrected chi connectivity index (χ1v) is 6.70. The van der Waals surface area contributed by atoms with Crippen molar-refractivity contribution in [1.29, 1.82) is 0 Å². The number of ether oxygens (including phenoxy) is 2. The lowest BCUT2D eigenvalue weighted by Crippen LogP contribution is -2.48. The largest absolute Gasteiger partial charge is 0.497 e. The molecule has 0 bridgehead atoms. The normalized spacial score (nSPS) is 13.8. The van der Waals surface area contributed by atoms with Gasteiger partial charge in [0.25, 0.3) is 0 Å². The topological polar surface area (TPSA) is 71.0 Å². The van der Waals surface area contributed by atoms with E-state index in [1.54, 1.807) is 32.2 Å². The van der Waals surface area contributed by atoms with Crippen molar-refractivity contribution in [3.05, 3.63) is 23.8 Å². The zero-order valence-corrected chi connectivity index (χ0v) is 13.3. The van der Waals surface area contributed by atoms with E-state index in [9.17, 15) is 9.90 Å². The molecular weight excluding hydrogens is 272 g/mol. The molecule has 2 N–H and O–H groups in total. The van der Waals surface area contributed by atoms with E-state index in [2.05, 4.69) is 5.32 Å². The number of methoxy groups -OCH3 is 2. The van der Waals surface area contributed by atoms with Gasteiger partial charge in [0.15, 0.2) is 0 Å². The van der Waals surface area contributed by atoms with E-state index in [0.29, 0.717) is 23.6 Å². The summed E-state index contributed by atoms with van der Waals surface area (Å²) in [5.41, 5.74) is -0.662. The minimum absolute atomic E-state index is 0.483. The predicted octanol–water partition coefficient (Wildman–Crippen LogP) is 1.15. The Balaban J connectivity index is 3.12. The van der Waals surface area contributed by atoms with Crippen LogP contribution in [0, 0.1) is 0 Å². The van der Waals surface area contributed by atoms with E-state index in [1.807, 2.05) is 19.0 Å². The third kappa shape index (κ3) is 4.09. The number of nitrogens with zero attached hydrogens (tertiary/aromatic N) is 1. The van der Waals surface area contributed by atoms with E-state index >= 15 is 0 Å². The summed E-state index contributed by atoms with van der Waals surface area (Å²) in [7, 11) is 6.95. The van der Waals surface area contributed by atoms with Gasteiger partial charge in [0.1, 0.15) is 17.0 Å². The summed E-state index contributed by atoms with van der Waals surface area (Å²) in [6, 6.07) is 5.13. The maximum Gasteiger partial charge on any atom is 0.328 e. The molecule has 0 fully saturated rings. The SMILES string of the molecule is COc1ccc(C(C)(NCCN(C)C)C(=O)O)c(OC)c1. The van der Waals surface area contributed by atoms with Crippen molar-refractivity contribution in [3.8, 4) is 11.5 Å². The van der Waals surface area contributed by atoms with Crippen molar-refractivity contribution in [2.24, 2.45) is 0 Å². The maximum absolute atomic E-state index is 11.8. The minimum Gasteiger partial charge on any atom is -0.497 e. The molecule has 1 atom stereocenters. The van der Waals surface area contributed by atoms with Crippen LogP contribution in [0.25, 0.3) is 0 Å². The zero-order chi connectivity index (χ0) is 16.0. The second-order valence-corrected chi connectivity index (χ2v) is 5.23. The summed E-state index contributed by atoms with van der Waals surface area (Å²) in [6.45, 7) is 2.92.